The summed E-state index contributed by atoms with van der Waals surface area (Å²) in [5.41, 5.74) is 2.98. The van der Waals surface area contributed by atoms with Crippen LogP contribution in [-0.2, 0) is 30.8 Å². The molecule has 3 aromatic rings. The lowest BCUT2D eigenvalue weighted by Crippen LogP contribution is -2.36. The van der Waals surface area contributed by atoms with Crippen molar-refractivity contribution in [2.24, 2.45) is 0 Å². The molecule has 1 aliphatic rings. The first kappa shape index (κ1) is 16.6. The lowest BCUT2D eigenvalue weighted by Gasteiger charge is -2.28. The minimum Gasteiger partial charge on any atom is -0.440 e. The Hall–Kier alpha value is -2.90. The lowest BCUT2D eigenvalue weighted by molar-refractivity contribution is -0.132. The minimum absolute atomic E-state index is 0.142. The third kappa shape index (κ3) is 3.02. The van der Waals surface area contributed by atoms with Gasteiger partial charge in [-0.15, -0.1) is 0 Å². The number of nitrogens with zero attached hydrogens (tertiary/aromatic N) is 6. The molecule has 4 rings (SSSR count). The maximum absolute atomic E-state index is 12.7. The van der Waals surface area contributed by atoms with Gasteiger partial charge in [0.2, 0.25) is 11.8 Å². The Morgan fingerprint density at radius 1 is 1.38 bits per heavy atom. The number of carbonyl (C=O) groups excluding carboxylic acids is 1. The van der Waals surface area contributed by atoms with Gasteiger partial charge in [-0.05, 0) is 13.8 Å². The molecule has 0 fully saturated rings. The van der Waals surface area contributed by atoms with Crippen LogP contribution in [0.15, 0.2) is 29.3 Å². The Kier molecular flexibility index (Phi) is 4.32. The highest BCUT2D eigenvalue weighted by Gasteiger charge is 2.29. The Morgan fingerprint density at radius 2 is 2.27 bits per heavy atom. The summed E-state index contributed by atoms with van der Waals surface area (Å²) < 4.78 is 9.60. The summed E-state index contributed by atoms with van der Waals surface area (Å²) in [5.74, 6) is 1.42. The van der Waals surface area contributed by atoms with Gasteiger partial charge in [0.05, 0.1) is 12.5 Å². The Labute approximate surface area is 151 Å². The van der Waals surface area contributed by atoms with Gasteiger partial charge in [-0.1, -0.05) is 0 Å². The standard InChI is InChI=1S/C18H22N6O2/c1-3-24-15-4-8-23(16(25)5-7-22-9-6-19-12-22)11-14(15)17(21-24)18-20-10-13(2)26-18/h6,9-10,12H,3-5,7-8,11H2,1-2H3. The van der Waals surface area contributed by atoms with E-state index in [-0.39, 0.29) is 5.91 Å². The molecule has 3 aromatic heterocycles. The van der Waals surface area contributed by atoms with Crippen LogP contribution in [0, 0.1) is 6.92 Å². The number of hydrogen-bond acceptors (Lipinski definition) is 5. The predicted molar refractivity (Wildman–Crippen MR) is 94.1 cm³/mol. The Morgan fingerprint density at radius 3 is 2.96 bits per heavy atom. The second-order valence-electron chi connectivity index (χ2n) is 6.48. The fourth-order valence-electron chi connectivity index (χ4n) is 3.40. The van der Waals surface area contributed by atoms with Crippen LogP contribution in [-0.4, -0.2) is 41.7 Å². The third-order valence-corrected chi connectivity index (χ3v) is 4.75. The van der Waals surface area contributed by atoms with Gasteiger partial charge in [0, 0.05) is 62.7 Å². The highest BCUT2D eigenvalue weighted by Crippen LogP contribution is 2.30. The number of oxazole rings is 1. The smallest absolute Gasteiger partial charge is 0.247 e. The molecule has 0 aromatic carbocycles. The summed E-state index contributed by atoms with van der Waals surface area (Å²) in [6.07, 6.45) is 8.28. The van der Waals surface area contributed by atoms with Gasteiger partial charge in [-0.25, -0.2) is 9.97 Å². The summed E-state index contributed by atoms with van der Waals surface area (Å²) >= 11 is 0. The zero-order valence-corrected chi connectivity index (χ0v) is 15.1. The number of aryl methyl sites for hydroxylation is 3. The van der Waals surface area contributed by atoms with Crippen LogP contribution in [0.5, 0.6) is 0 Å². The molecule has 0 radical (unpaired) electrons. The van der Waals surface area contributed by atoms with Crippen molar-refractivity contribution in [2.75, 3.05) is 6.54 Å². The molecule has 0 unspecified atom stereocenters. The Balaban J connectivity index is 1.55. The van der Waals surface area contributed by atoms with Crippen LogP contribution in [0.25, 0.3) is 11.6 Å². The number of hydrogen-bond donors (Lipinski definition) is 0. The molecule has 0 atom stereocenters. The highest BCUT2D eigenvalue weighted by atomic mass is 16.4. The molecule has 1 amide bonds. The molecule has 8 heteroatoms. The zero-order chi connectivity index (χ0) is 18.1. The lowest BCUT2D eigenvalue weighted by atomic mass is 10.0. The van der Waals surface area contributed by atoms with Crippen LogP contribution in [0.1, 0.15) is 30.4 Å². The maximum atomic E-state index is 12.7. The van der Waals surface area contributed by atoms with E-state index in [1.807, 2.05) is 27.3 Å². The van der Waals surface area contributed by atoms with Gasteiger partial charge in [0.15, 0.2) is 5.69 Å². The molecular weight excluding hydrogens is 332 g/mol. The number of aromatic nitrogens is 5. The topological polar surface area (TPSA) is 82.0 Å². The van der Waals surface area contributed by atoms with Gasteiger partial charge in [0.1, 0.15) is 5.76 Å². The fraction of sp³-hybridized carbons (Fsp3) is 0.444. The third-order valence-electron chi connectivity index (χ3n) is 4.75. The van der Waals surface area contributed by atoms with E-state index < -0.39 is 0 Å². The van der Waals surface area contributed by atoms with Gasteiger partial charge in [-0.2, -0.15) is 5.10 Å². The second-order valence-corrected chi connectivity index (χ2v) is 6.48. The molecule has 0 aliphatic carbocycles. The number of rotatable bonds is 5. The summed E-state index contributed by atoms with van der Waals surface area (Å²) in [6, 6.07) is 0. The van der Waals surface area contributed by atoms with Crippen LogP contribution < -0.4 is 0 Å². The van der Waals surface area contributed by atoms with Crippen molar-refractivity contribution in [3.8, 4) is 11.6 Å². The van der Waals surface area contributed by atoms with Crippen molar-refractivity contribution in [1.82, 2.24) is 29.2 Å². The molecule has 136 valence electrons. The summed E-state index contributed by atoms with van der Waals surface area (Å²) in [7, 11) is 0. The molecule has 8 nitrogen and oxygen atoms in total. The predicted octanol–water partition coefficient (Wildman–Crippen LogP) is 2.04. The van der Waals surface area contributed by atoms with Crippen LogP contribution in [0.2, 0.25) is 0 Å². The van der Waals surface area contributed by atoms with Gasteiger partial charge in [-0.3, -0.25) is 9.48 Å². The summed E-state index contributed by atoms with van der Waals surface area (Å²) in [5, 5.41) is 4.68. The molecule has 0 saturated carbocycles. The first-order valence-corrected chi connectivity index (χ1v) is 8.90. The van der Waals surface area contributed by atoms with E-state index in [4.69, 9.17) is 4.42 Å². The largest absolute Gasteiger partial charge is 0.440 e. The number of amides is 1. The van der Waals surface area contributed by atoms with Crippen molar-refractivity contribution in [2.45, 2.75) is 46.3 Å². The molecule has 0 saturated heterocycles. The average molecular weight is 354 g/mol. The van der Waals surface area contributed by atoms with Gasteiger partial charge < -0.3 is 13.9 Å². The Bertz CT molecular complexity index is 908. The van der Waals surface area contributed by atoms with Crippen molar-refractivity contribution in [3.05, 3.63) is 41.9 Å². The summed E-state index contributed by atoms with van der Waals surface area (Å²) in [6.45, 7) is 6.63. The minimum atomic E-state index is 0.142. The quantitative estimate of drug-likeness (QED) is 0.700. The monoisotopic (exact) mass is 354 g/mol. The second kappa shape index (κ2) is 6.78. The van der Waals surface area contributed by atoms with Crippen molar-refractivity contribution in [1.29, 1.82) is 0 Å². The molecule has 0 spiro atoms. The number of fused-ring (bicyclic) bond motifs is 1. The molecule has 0 bridgehead atoms. The van der Waals surface area contributed by atoms with Crippen molar-refractivity contribution >= 4 is 5.91 Å². The van der Waals surface area contributed by atoms with E-state index in [0.29, 0.717) is 31.9 Å². The maximum Gasteiger partial charge on any atom is 0.247 e. The van der Waals surface area contributed by atoms with Crippen LogP contribution in [0.3, 0.4) is 0 Å². The molecule has 1 aliphatic heterocycles. The van der Waals surface area contributed by atoms with E-state index in [2.05, 4.69) is 22.0 Å². The van der Waals surface area contributed by atoms with Gasteiger partial charge in [0.25, 0.3) is 0 Å². The zero-order valence-electron chi connectivity index (χ0n) is 15.1. The SMILES string of the molecule is CCn1nc(-c2ncc(C)o2)c2c1CCN(C(=O)CCn1ccnc1)C2. The van der Waals surface area contributed by atoms with Crippen LogP contribution in [0.4, 0.5) is 0 Å². The van der Waals surface area contributed by atoms with Crippen LogP contribution >= 0.6 is 0 Å². The number of imidazole rings is 1. The molecular formula is C18H22N6O2. The van der Waals surface area contributed by atoms with E-state index in [9.17, 15) is 4.79 Å². The van der Waals surface area contributed by atoms with E-state index in [0.717, 1.165) is 30.0 Å². The first-order chi connectivity index (χ1) is 12.7. The highest BCUT2D eigenvalue weighted by molar-refractivity contribution is 5.77. The molecule has 26 heavy (non-hydrogen) atoms. The first-order valence-electron chi connectivity index (χ1n) is 8.90. The fourth-order valence-corrected chi connectivity index (χ4v) is 3.40. The van der Waals surface area contributed by atoms with E-state index in [1.54, 1.807) is 18.7 Å². The van der Waals surface area contributed by atoms with E-state index in [1.165, 1.54) is 5.69 Å². The number of carbonyl (C=O) groups is 1. The molecule has 0 N–H and O–H groups in total. The summed E-state index contributed by atoms with van der Waals surface area (Å²) in [4.78, 5) is 22.9. The van der Waals surface area contributed by atoms with Crippen molar-refractivity contribution < 1.29 is 9.21 Å². The molecule has 4 heterocycles. The average Bonchev–Trinajstić information content (AvgIpc) is 3.38. The van der Waals surface area contributed by atoms with Crippen molar-refractivity contribution in [3.63, 3.8) is 0 Å². The van der Waals surface area contributed by atoms with Gasteiger partial charge >= 0.3 is 0 Å². The normalized spacial score (nSPS) is 13.8. The van der Waals surface area contributed by atoms with E-state index >= 15 is 0 Å².